The summed E-state index contributed by atoms with van der Waals surface area (Å²) in [5, 5.41) is 6.22. The van der Waals surface area contributed by atoms with Crippen LogP contribution in [0, 0.1) is 6.92 Å². The van der Waals surface area contributed by atoms with Gasteiger partial charge in [0.2, 0.25) is 0 Å². The molecule has 0 fully saturated rings. The molecule has 7 nitrogen and oxygen atoms in total. The third-order valence-corrected chi connectivity index (χ3v) is 3.10. The zero-order chi connectivity index (χ0) is 16.8. The number of rotatable bonds is 6. The fourth-order valence-electron chi connectivity index (χ4n) is 1.90. The molecule has 0 unspecified atom stereocenters. The van der Waals surface area contributed by atoms with Crippen LogP contribution in [0.1, 0.15) is 29.5 Å². The third-order valence-electron chi connectivity index (χ3n) is 3.10. The van der Waals surface area contributed by atoms with Crippen molar-refractivity contribution < 1.29 is 23.6 Å². The Kier molecular flexibility index (Phi) is 5.35. The van der Waals surface area contributed by atoms with E-state index in [-0.39, 0.29) is 5.82 Å². The number of methoxy groups -OCH3 is 1. The molecule has 0 radical (unpaired) electrons. The minimum Gasteiger partial charge on any atom is -0.497 e. The molecule has 7 heteroatoms. The van der Waals surface area contributed by atoms with Crippen molar-refractivity contribution in [3.8, 4) is 5.75 Å². The van der Waals surface area contributed by atoms with Gasteiger partial charge in [-0.2, -0.15) is 0 Å². The highest BCUT2D eigenvalue weighted by atomic mass is 16.5. The average molecular weight is 318 g/mol. The molecule has 0 aliphatic heterocycles. The van der Waals surface area contributed by atoms with Crippen molar-refractivity contribution in [1.82, 2.24) is 5.16 Å². The quantitative estimate of drug-likeness (QED) is 0.823. The summed E-state index contributed by atoms with van der Waals surface area (Å²) in [6.45, 7) is 3.46. The second-order valence-electron chi connectivity index (χ2n) is 4.85. The number of carbonyl (C=O) groups excluding carboxylic acids is 2. The van der Waals surface area contributed by atoms with Crippen LogP contribution in [0.2, 0.25) is 0 Å². The number of carbonyl (C=O) groups is 2. The van der Waals surface area contributed by atoms with Gasteiger partial charge < -0.3 is 19.3 Å². The van der Waals surface area contributed by atoms with Crippen LogP contribution in [0.5, 0.6) is 5.75 Å². The number of amides is 1. The van der Waals surface area contributed by atoms with Gasteiger partial charge in [0.1, 0.15) is 11.5 Å². The number of anilines is 1. The predicted molar refractivity (Wildman–Crippen MR) is 82.4 cm³/mol. The zero-order valence-electron chi connectivity index (χ0n) is 13.2. The predicted octanol–water partition coefficient (Wildman–Crippen LogP) is 2.57. The molecule has 0 saturated carbocycles. The molecule has 0 saturated heterocycles. The van der Waals surface area contributed by atoms with Crippen LogP contribution in [0.15, 0.2) is 34.9 Å². The van der Waals surface area contributed by atoms with E-state index in [0.29, 0.717) is 23.5 Å². The molecule has 0 aliphatic rings. The van der Waals surface area contributed by atoms with Crippen LogP contribution in [0.3, 0.4) is 0 Å². The molecule has 1 aromatic heterocycles. The molecule has 0 aliphatic carbocycles. The monoisotopic (exact) mass is 318 g/mol. The number of hydrogen-bond donors (Lipinski definition) is 1. The minimum absolute atomic E-state index is 0.281. The van der Waals surface area contributed by atoms with Gasteiger partial charge in [-0.25, -0.2) is 4.79 Å². The van der Waals surface area contributed by atoms with Crippen molar-refractivity contribution in [3.63, 3.8) is 0 Å². The van der Waals surface area contributed by atoms with Gasteiger partial charge in [-0.1, -0.05) is 18.1 Å². The van der Waals surface area contributed by atoms with Gasteiger partial charge in [0, 0.05) is 6.07 Å². The molecule has 2 rings (SSSR count). The molecule has 2 aromatic rings. The van der Waals surface area contributed by atoms with E-state index in [1.807, 2.05) is 0 Å². The van der Waals surface area contributed by atoms with E-state index in [0.717, 1.165) is 0 Å². The molecular formula is C16H18N2O5. The lowest BCUT2D eigenvalue weighted by Crippen LogP contribution is -2.32. The first-order valence-electron chi connectivity index (χ1n) is 7.12. The van der Waals surface area contributed by atoms with Crippen LogP contribution in [0.4, 0.5) is 5.82 Å². The Morgan fingerprint density at radius 2 is 2.13 bits per heavy atom. The minimum atomic E-state index is -0.925. The van der Waals surface area contributed by atoms with E-state index in [1.54, 1.807) is 44.2 Å². The van der Waals surface area contributed by atoms with Crippen LogP contribution < -0.4 is 10.1 Å². The molecule has 1 N–H and O–H groups in total. The Morgan fingerprint density at radius 3 is 2.74 bits per heavy atom. The summed E-state index contributed by atoms with van der Waals surface area (Å²) >= 11 is 0. The lowest BCUT2D eigenvalue weighted by Gasteiger charge is -2.15. The number of benzene rings is 1. The van der Waals surface area contributed by atoms with E-state index in [1.165, 1.54) is 7.11 Å². The van der Waals surface area contributed by atoms with Gasteiger partial charge in [-0.05, 0) is 31.5 Å². The number of nitrogens with one attached hydrogen (secondary N) is 1. The lowest BCUT2D eigenvalue weighted by atomic mass is 10.2. The smallest absolute Gasteiger partial charge is 0.339 e. The van der Waals surface area contributed by atoms with Gasteiger partial charge in [0.15, 0.2) is 11.9 Å². The van der Waals surface area contributed by atoms with Gasteiger partial charge >= 0.3 is 5.97 Å². The molecular weight excluding hydrogens is 300 g/mol. The Labute approximate surface area is 133 Å². The highest BCUT2D eigenvalue weighted by Crippen LogP contribution is 2.15. The number of hydrogen-bond acceptors (Lipinski definition) is 6. The topological polar surface area (TPSA) is 90.7 Å². The Hall–Kier alpha value is -2.83. The van der Waals surface area contributed by atoms with Crippen molar-refractivity contribution in [2.24, 2.45) is 0 Å². The molecule has 1 heterocycles. The number of aryl methyl sites for hydroxylation is 1. The van der Waals surface area contributed by atoms with E-state index >= 15 is 0 Å². The van der Waals surface area contributed by atoms with Crippen molar-refractivity contribution in [3.05, 3.63) is 41.7 Å². The molecule has 0 bridgehead atoms. The van der Waals surface area contributed by atoms with E-state index in [2.05, 4.69) is 10.5 Å². The van der Waals surface area contributed by atoms with Crippen LogP contribution in [0.25, 0.3) is 0 Å². The summed E-state index contributed by atoms with van der Waals surface area (Å²) in [4.78, 5) is 24.3. The fourth-order valence-corrected chi connectivity index (χ4v) is 1.90. The average Bonchev–Trinajstić information content (AvgIpc) is 2.97. The van der Waals surface area contributed by atoms with Gasteiger partial charge in [0.25, 0.3) is 5.91 Å². The summed E-state index contributed by atoms with van der Waals surface area (Å²) in [5.74, 6) is 0.333. The Bertz CT molecular complexity index is 695. The number of nitrogens with zero attached hydrogens (tertiary/aromatic N) is 1. The highest BCUT2D eigenvalue weighted by Gasteiger charge is 2.23. The number of aromatic nitrogens is 1. The van der Waals surface area contributed by atoms with E-state index in [4.69, 9.17) is 14.0 Å². The van der Waals surface area contributed by atoms with E-state index < -0.39 is 18.0 Å². The summed E-state index contributed by atoms with van der Waals surface area (Å²) in [7, 11) is 1.51. The summed E-state index contributed by atoms with van der Waals surface area (Å²) in [6, 6.07) is 8.11. The second kappa shape index (κ2) is 7.44. The second-order valence-corrected chi connectivity index (χ2v) is 4.85. The largest absolute Gasteiger partial charge is 0.497 e. The fraction of sp³-hybridized carbons (Fsp3) is 0.312. The molecule has 1 atom stereocenters. The molecule has 0 spiro atoms. The van der Waals surface area contributed by atoms with Crippen molar-refractivity contribution in [2.45, 2.75) is 26.4 Å². The standard InChI is InChI=1S/C16H18N2O5/c1-4-13(15(19)17-14-8-10(2)23-18-14)22-16(20)11-6-5-7-12(9-11)21-3/h5-9,13H,4H2,1-3H3,(H,17,18,19)/t13-/m1/s1. The summed E-state index contributed by atoms with van der Waals surface area (Å²) < 4.78 is 15.2. The maximum absolute atomic E-state index is 12.2. The van der Waals surface area contributed by atoms with Gasteiger partial charge in [-0.3, -0.25) is 4.79 Å². The van der Waals surface area contributed by atoms with Crippen LogP contribution >= 0.6 is 0 Å². The molecule has 1 amide bonds. The molecule has 23 heavy (non-hydrogen) atoms. The van der Waals surface area contributed by atoms with Crippen molar-refractivity contribution in [2.75, 3.05) is 12.4 Å². The molecule has 122 valence electrons. The van der Waals surface area contributed by atoms with Gasteiger partial charge in [0.05, 0.1) is 12.7 Å². The normalized spacial score (nSPS) is 11.6. The van der Waals surface area contributed by atoms with E-state index in [9.17, 15) is 9.59 Å². The Morgan fingerprint density at radius 1 is 1.35 bits per heavy atom. The van der Waals surface area contributed by atoms with Crippen molar-refractivity contribution in [1.29, 1.82) is 0 Å². The number of ether oxygens (including phenoxy) is 2. The number of esters is 1. The van der Waals surface area contributed by atoms with Gasteiger partial charge in [-0.15, -0.1) is 0 Å². The zero-order valence-corrected chi connectivity index (χ0v) is 13.2. The maximum Gasteiger partial charge on any atom is 0.339 e. The first-order chi connectivity index (χ1) is 11.0. The third kappa shape index (κ3) is 4.32. The summed E-state index contributed by atoms with van der Waals surface area (Å²) in [6.07, 6.45) is -0.594. The first-order valence-corrected chi connectivity index (χ1v) is 7.12. The lowest BCUT2D eigenvalue weighted by molar-refractivity contribution is -0.124. The SMILES string of the molecule is CC[C@@H](OC(=O)c1cccc(OC)c1)C(=O)Nc1cc(C)on1. The maximum atomic E-state index is 12.2. The van der Waals surface area contributed by atoms with Crippen molar-refractivity contribution >= 4 is 17.7 Å². The summed E-state index contributed by atoms with van der Waals surface area (Å²) in [5.41, 5.74) is 0.313. The first kappa shape index (κ1) is 16.5. The highest BCUT2D eigenvalue weighted by molar-refractivity contribution is 5.97. The molecule has 1 aromatic carbocycles. The Balaban J connectivity index is 2.02. The van der Waals surface area contributed by atoms with Crippen LogP contribution in [-0.4, -0.2) is 30.2 Å². The van der Waals surface area contributed by atoms with Crippen LogP contribution in [-0.2, 0) is 9.53 Å².